The minimum atomic E-state index is -0.317. The molecule has 0 N–H and O–H groups in total. The summed E-state index contributed by atoms with van der Waals surface area (Å²) in [4.78, 5) is 24.6. The van der Waals surface area contributed by atoms with Crippen molar-refractivity contribution in [2.75, 3.05) is 18.1 Å². The topological polar surface area (TPSA) is 46.6 Å². The van der Waals surface area contributed by atoms with E-state index in [9.17, 15) is 9.59 Å². The molecular weight excluding hydrogens is 286 g/mol. The second-order valence-electron chi connectivity index (χ2n) is 4.01. The molecule has 1 saturated heterocycles. The van der Waals surface area contributed by atoms with Crippen LogP contribution in [0.3, 0.4) is 0 Å². The van der Waals surface area contributed by atoms with Gasteiger partial charge in [0.2, 0.25) is 0 Å². The Labute approximate surface area is 108 Å². The second kappa shape index (κ2) is 4.58. The standard InChI is InChI=1S/C12H12BrNO3/c1-7-3-9(4-8(2)12(7)13)14-10(15)5-17-6-11(14)16/h3-4H,5-6H2,1-2H3. The SMILES string of the molecule is Cc1cc(N2C(=O)COCC2=O)cc(C)c1Br. The van der Waals surface area contributed by atoms with E-state index in [0.29, 0.717) is 5.69 Å². The average molecular weight is 298 g/mol. The molecule has 0 aliphatic carbocycles. The fourth-order valence-electron chi connectivity index (χ4n) is 1.83. The van der Waals surface area contributed by atoms with Gasteiger partial charge >= 0.3 is 0 Å². The van der Waals surface area contributed by atoms with Crippen molar-refractivity contribution >= 4 is 33.4 Å². The summed E-state index contributed by atoms with van der Waals surface area (Å²) >= 11 is 3.45. The first-order chi connectivity index (χ1) is 8.00. The molecule has 0 radical (unpaired) electrons. The maximum absolute atomic E-state index is 11.7. The molecule has 1 aromatic carbocycles. The lowest BCUT2D eigenvalue weighted by atomic mass is 10.1. The molecule has 4 nitrogen and oxygen atoms in total. The number of morpholine rings is 1. The first kappa shape index (κ1) is 12.3. The van der Waals surface area contributed by atoms with Gasteiger partial charge in [-0.25, -0.2) is 4.90 Å². The molecule has 0 saturated carbocycles. The Hall–Kier alpha value is -1.20. The number of amides is 2. The van der Waals surface area contributed by atoms with Crippen LogP contribution in [-0.4, -0.2) is 25.0 Å². The Morgan fingerprint density at radius 3 is 2.06 bits per heavy atom. The van der Waals surface area contributed by atoms with Gasteiger partial charge in [-0.1, -0.05) is 15.9 Å². The molecule has 1 aliphatic rings. The molecule has 1 aromatic rings. The number of aryl methyl sites for hydroxylation is 2. The van der Waals surface area contributed by atoms with Crippen molar-refractivity contribution in [3.8, 4) is 0 Å². The van der Waals surface area contributed by atoms with Gasteiger partial charge in [0.05, 0.1) is 5.69 Å². The molecule has 5 heteroatoms. The molecule has 0 bridgehead atoms. The zero-order valence-corrected chi connectivity index (χ0v) is 11.2. The van der Waals surface area contributed by atoms with Crippen LogP contribution in [0.4, 0.5) is 5.69 Å². The van der Waals surface area contributed by atoms with E-state index in [1.807, 2.05) is 26.0 Å². The van der Waals surface area contributed by atoms with Crippen LogP contribution in [0, 0.1) is 13.8 Å². The second-order valence-corrected chi connectivity index (χ2v) is 4.80. The lowest BCUT2D eigenvalue weighted by Gasteiger charge is -2.25. The number of hydrogen-bond acceptors (Lipinski definition) is 3. The third-order valence-corrected chi connectivity index (χ3v) is 3.88. The highest BCUT2D eigenvalue weighted by Crippen LogP contribution is 2.28. The zero-order valence-electron chi connectivity index (χ0n) is 9.62. The van der Waals surface area contributed by atoms with Crippen LogP contribution in [0.5, 0.6) is 0 Å². The van der Waals surface area contributed by atoms with Crippen LogP contribution in [-0.2, 0) is 14.3 Å². The van der Waals surface area contributed by atoms with Crippen molar-refractivity contribution in [1.82, 2.24) is 0 Å². The summed E-state index contributed by atoms with van der Waals surface area (Å²) in [5.41, 5.74) is 2.60. The van der Waals surface area contributed by atoms with Gasteiger partial charge in [0.15, 0.2) is 0 Å². The quantitative estimate of drug-likeness (QED) is 0.745. The summed E-state index contributed by atoms with van der Waals surface area (Å²) < 4.78 is 5.87. The largest absolute Gasteiger partial charge is 0.362 e. The van der Waals surface area contributed by atoms with Crippen LogP contribution < -0.4 is 4.90 Å². The summed E-state index contributed by atoms with van der Waals surface area (Å²) in [5.74, 6) is -0.634. The van der Waals surface area contributed by atoms with Gasteiger partial charge in [0.25, 0.3) is 11.8 Å². The van der Waals surface area contributed by atoms with Gasteiger partial charge in [-0.2, -0.15) is 0 Å². The lowest BCUT2D eigenvalue weighted by molar-refractivity contribution is -0.138. The molecule has 17 heavy (non-hydrogen) atoms. The minimum Gasteiger partial charge on any atom is -0.362 e. The summed E-state index contributed by atoms with van der Waals surface area (Å²) in [6, 6.07) is 3.64. The van der Waals surface area contributed by atoms with E-state index >= 15 is 0 Å². The summed E-state index contributed by atoms with van der Waals surface area (Å²) in [6.07, 6.45) is 0. The Balaban J connectivity index is 2.45. The Morgan fingerprint density at radius 2 is 1.59 bits per heavy atom. The average Bonchev–Trinajstić information content (AvgIpc) is 2.25. The van der Waals surface area contributed by atoms with E-state index in [-0.39, 0.29) is 25.0 Å². The lowest BCUT2D eigenvalue weighted by Crippen LogP contribution is -2.46. The molecule has 1 fully saturated rings. The number of carbonyl (C=O) groups excluding carboxylic acids is 2. The van der Waals surface area contributed by atoms with Gasteiger partial charge in [-0.05, 0) is 37.1 Å². The molecule has 2 amide bonds. The van der Waals surface area contributed by atoms with Gasteiger partial charge in [0.1, 0.15) is 13.2 Å². The number of nitrogens with zero attached hydrogens (tertiary/aromatic N) is 1. The fraction of sp³-hybridized carbons (Fsp3) is 0.333. The minimum absolute atomic E-state index is 0.0418. The van der Waals surface area contributed by atoms with E-state index in [0.717, 1.165) is 15.6 Å². The van der Waals surface area contributed by atoms with Crippen LogP contribution in [0.15, 0.2) is 16.6 Å². The number of rotatable bonds is 1. The van der Waals surface area contributed by atoms with E-state index < -0.39 is 0 Å². The third-order valence-electron chi connectivity index (χ3n) is 2.63. The Bertz CT molecular complexity index is 460. The first-order valence-electron chi connectivity index (χ1n) is 5.21. The van der Waals surface area contributed by atoms with Gasteiger partial charge < -0.3 is 4.74 Å². The van der Waals surface area contributed by atoms with Crippen molar-refractivity contribution < 1.29 is 14.3 Å². The van der Waals surface area contributed by atoms with E-state index in [4.69, 9.17) is 4.74 Å². The maximum Gasteiger partial charge on any atom is 0.259 e. The van der Waals surface area contributed by atoms with Crippen LogP contribution in [0.25, 0.3) is 0 Å². The number of carbonyl (C=O) groups is 2. The highest BCUT2D eigenvalue weighted by Gasteiger charge is 2.28. The van der Waals surface area contributed by atoms with Crippen molar-refractivity contribution in [3.05, 3.63) is 27.7 Å². The normalized spacial score (nSPS) is 16.5. The first-order valence-corrected chi connectivity index (χ1v) is 6.00. The van der Waals surface area contributed by atoms with Gasteiger partial charge in [-0.15, -0.1) is 0 Å². The highest BCUT2D eigenvalue weighted by molar-refractivity contribution is 9.10. The molecule has 0 aromatic heterocycles. The Morgan fingerprint density at radius 1 is 1.12 bits per heavy atom. The van der Waals surface area contributed by atoms with Crippen molar-refractivity contribution in [2.45, 2.75) is 13.8 Å². The Kier molecular flexibility index (Phi) is 3.31. The third kappa shape index (κ3) is 2.25. The van der Waals surface area contributed by atoms with Crippen LogP contribution >= 0.6 is 15.9 Å². The smallest absolute Gasteiger partial charge is 0.259 e. The predicted molar refractivity (Wildman–Crippen MR) is 66.9 cm³/mol. The molecule has 90 valence electrons. The number of imide groups is 1. The summed E-state index contributed by atoms with van der Waals surface area (Å²) in [6.45, 7) is 3.77. The molecule has 0 unspecified atom stereocenters. The molecule has 1 heterocycles. The zero-order chi connectivity index (χ0) is 12.6. The highest BCUT2D eigenvalue weighted by atomic mass is 79.9. The monoisotopic (exact) mass is 297 g/mol. The number of benzene rings is 1. The van der Waals surface area contributed by atoms with E-state index in [2.05, 4.69) is 15.9 Å². The molecule has 0 atom stereocenters. The van der Waals surface area contributed by atoms with E-state index in [1.165, 1.54) is 4.90 Å². The molecule has 0 spiro atoms. The molecular formula is C12H12BrNO3. The van der Waals surface area contributed by atoms with Gasteiger partial charge in [-0.3, -0.25) is 9.59 Å². The molecule has 2 rings (SSSR count). The van der Waals surface area contributed by atoms with Crippen molar-refractivity contribution in [2.24, 2.45) is 0 Å². The fourth-order valence-corrected chi connectivity index (χ4v) is 2.06. The number of anilines is 1. The maximum atomic E-state index is 11.7. The summed E-state index contributed by atoms with van der Waals surface area (Å²) in [5, 5.41) is 0. The summed E-state index contributed by atoms with van der Waals surface area (Å²) in [7, 11) is 0. The predicted octanol–water partition coefficient (Wildman–Crippen LogP) is 1.96. The van der Waals surface area contributed by atoms with Crippen molar-refractivity contribution in [3.63, 3.8) is 0 Å². The number of halogens is 1. The van der Waals surface area contributed by atoms with Gasteiger partial charge in [0, 0.05) is 4.47 Å². The van der Waals surface area contributed by atoms with Crippen LogP contribution in [0.1, 0.15) is 11.1 Å². The number of ether oxygens (including phenoxy) is 1. The van der Waals surface area contributed by atoms with Crippen molar-refractivity contribution in [1.29, 1.82) is 0 Å². The molecule has 1 aliphatic heterocycles. The number of hydrogen-bond donors (Lipinski definition) is 0. The van der Waals surface area contributed by atoms with Crippen LogP contribution in [0.2, 0.25) is 0 Å². The van der Waals surface area contributed by atoms with E-state index in [1.54, 1.807) is 0 Å².